The van der Waals surface area contributed by atoms with E-state index in [-0.39, 0.29) is 0 Å². The molecule has 0 aliphatic heterocycles. The zero-order chi connectivity index (χ0) is 18.4. The summed E-state index contributed by atoms with van der Waals surface area (Å²) in [4.78, 5) is 0.671. The molecule has 0 bridgehead atoms. The van der Waals surface area contributed by atoms with E-state index in [9.17, 15) is 0 Å². The van der Waals surface area contributed by atoms with Crippen LogP contribution in [0.15, 0.2) is 0 Å². The van der Waals surface area contributed by atoms with Crippen molar-refractivity contribution in [3.8, 4) is 0 Å². The van der Waals surface area contributed by atoms with E-state index < -0.39 is 8.24 Å². The number of rotatable bonds is 4. The average Bonchev–Trinajstić information content (AvgIpc) is 2.66. The van der Waals surface area contributed by atoms with E-state index in [1.807, 2.05) is 0 Å². The first-order valence-electron chi connectivity index (χ1n) is 10.4. The lowest BCUT2D eigenvalue weighted by Gasteiger charge is -2.53. The Morgan fingerprint density at radius 2 is 1.38 bits per heavy atom. The van der Waals surface area contributed by atoms with Crippen molar-refractivity contribution < 1.29 is 0 Å². The molecule has 2 aliphatic rings. The summed E-state index contributed by atoms with van der Waals surface area (Å²) in [6, 6.07) is 0.735. The lowest BCUT2D eigenvalue weighted by molar-refractivity contribution is 0.161. The molecule has 142 valence electrons. The summed E-state index contributed by atoms with van der Waals surface area (Å²) in [6.45, 7) is 24.1. The van der Waals surface area contributed by atoms with Crippen molar-refractivity contribution in [2.24, 2.45) is 35.5 Å². The molecule has 3 heteroatoms. The third-order valence-electron chi connectivity index (χ3n) is 8.23. The third-order valence-corrected chi connectivity index (χ3v) is 13.9. The van der Waals surface area contributed by atoms with Gasteiger partial charge >= 0.3 is 0 Å². The maximum atomic E-state index is 4.11. The topological polar surface area (TPSA) is 3.24 Å². The number of alkyl halides is 1. The molecule has 0 radical (unpaired) electrons. The maximum Gasteiger partial charge on any atom is 0.126 e. The van der Waals surface area contributed by atoms with Crippen LogP contribution in [0.3, 0.4) is 0 Å². The van der Waals surface area contributed by atoms with E-state index in [0.29, 0.717) is 4.83 Å². The summed E-state index contributed by atoms with van der Waals surface area (Å²) in [7, 11) is -1.50. The average molecular weight is 417 g/mol. The van der Waals surface area contributed by atoms with E-state index in [1.165, 1.54) is 19.4 Å². The van der Waals surface area contributed by atoms with Gasteiger partial charge in [0.1, 0.15) is 8.24 Å². The van der Waals surface area contributed by atoms with Crippen LogP contribution in [0, 0.1) is 35.5 Å². The minimum Gasteiger partial charge on any atom is -0.320 e. The highest BCUT2D eigenvalue weighted by atomic mass is 79.9. The second kappa shape index (κ2) is 7.72. The number of halogens is 1. The fourth-order valence-corrected chi connectivity index (χ4v) is 14.1. The first-order chi connectivity index (χ1) is 11.0. The molecule has 0 spiro atoms. The lowest BCUT2D eigenvalue weighted by Crippen LogP contribution is -2.63. The predicted molar refractivity (Wildman–Crippen MR) is 114 cm³/mol. The molecule has 0 amide bonds. The number of nitrogens with zero attached hydrogens (tertiary/aromatic N) is 1. The minimum absolute atomic E-state index is 0.671. The molecule has 24 heavy (non-hydrogen) atoms. The Balaban J connectivity index is 2.31. The van der Waals surface area contributed by atoms with Gasteiger partial charge in [0.05, 0.1) is 0 Å². The summed E-state index contributed by atoms with van der Waals surface area (Å²) in [5, 5.41) is 0. The van der Waals surface area contributed by atoms with Crippen LogP contribution in [0.4, 0.5) is 0 Å². The van der Waals surface area contributed by atoms with Gasteiger partial charge in [0, 0.05) is 10.9 Å². The third kappa shape index (κ3) is 3.56. The number of hydrogen-bond donors (Lipinski definition) is 0. The zero-order valence-corrected chi connectivity index (χ0v) is 20.2. The molecule has 2 fully saturated rings. The van der Waals surface area contributed by atoms with Gasteiger partial charge in [-0.15, -0.1) is 0 Å². The summed E-state index contributed by atoms with van der Waals surface area (Å²) in [5.74, 6) is 5.17. The normalized spacial score (nSPS) is 47.4. The van der Waals surface area contributed by atoms with Crippen molar-refractivity contribution >= 4 is 24.2 Å². The molecule has 2 aliphatic carbocycles. The van der Waals surface area contributed by atoms with Crippen LogP contribution in [0.2, 0.25) is 18.6 Å². The van der Waals surface area contributed by atoms with Gasteiger partial charge in [-0.25, -0.2) is 0 Å². The Morgan fingerprint density at radius 3 is 1.79 bits per heavy atom. The van der Waals surface area contributed by atoms with Crippen molar-refractivity contribution in [1.82, 2.24) is 4.57 Å². The molecule has 8 unspecified atom stereocenters. The van der Waals surface area contributed by atoms with Crippen molar-refractivity contribution in [3.05, 3.63) is 0 Å². The molecule has 0 saturated heterocycles. The molecule has 2 rings (SSSR count). The molecule has 0 heterocycles. The molecule has 1 nitrogen and oxygen atoms in total. The second-order valence-electron chi connectivity index (χ2n) is 9.96. The van der Waals surface area contributed by atoms with E-state index in [0.717, 1.165) is 47.1 Å². The molecule has 0 aromatic carbocycles. The lowest BCUT2D eigenvalue weighted by atomic mass is 9.80. The summed E-state index contributed by atoms with van der Waals surface area (Å²) in [6.07, 6.45) is 2.74. The van der Waals surface area contributed by atoms with E-state index in [2.05, 4.69) is 82.1 Å². The molecule has 0 N–H and O–H groups in total. The van der Waals surface area contributed by atoms with Gasteiger partial charge < -0.3 is 4.57 Å². The van der Waals surface area contributed by atoms with Crippen molar-refractivity contribution in [3.63, 3.8) is 0 Å². The van der Waals surface area contributed by atoms with Crippen LogP contribution < -0.4 is 0 Å². The fourth-order valence-electron chi connectivity index (χ4n) is 6.82. The summed E-state index contributed by atoms with van der Waals surface area (Å²) in [5.41, 5.74) is 0.925. The van der Waals surface area contributed by atoms with Crippen LogP contribution >= 0.6 is 15.9 Å². The highest BCUT2D eigenvalue weighted by molar-refractivity contribution is 9.09. The van der Waals surface area contributed by atoms with E-state index in [4.69, 9.17) is 0 Å². The standard InChI is InChI=1S/C21H42BrNSi/c1-10-23(20-14(3)11-13(2)12-19(20)22)24(8,9)21-17(6)15(4)16(5)18(21)7/h13-21H,10-12H2,1-9H3. The molecular formula is C21H42BrNSi. The van der Waals surface area contributed by atoms with Gasteiger partial charge in [-0.05, 0) is 60.4 Å². The minimum atomic E-state index is -1.50. The maximum absolute atomic E-state index is 4.11. The highest BCUT2D eigenvalue weighted by Crippen LogP contribution is 2.55. The van der Waals surface area contributed by atoms with Crippen molar-refractivity contribution in [2.75, 3.05) is 6.54 Å². The van der Waals surface area contributed by atoms with Crippen LogP contribution in [0.1, 0.15) is 61.3 Å². The molecule has 8 atom stereocenters. The van der Waals surface area contributed by atoms with Crippen molar-refractivity contribution in [1.29, 1.82) is 0 Å². The van der Waals surface area contributed by atoms with Crippen LogP contribution in [0.5, 0.6) is 0 Å². The predicted octanol–water partition coefficient (Wildman–Crippen LogP) is 6.64. The first kappa shape index (κ1) is 21.0. The molecular weight excluding hydrogens is 374 g/mol. The quantitative estimate of drug-likeness (QED) is 0.367. The van der Waals surface area contributed by atoms with E-state index in [1.54, 1.807) is 0 Å². The Labute approximate surface area is 161 Å². The Morgan fingerprint density at radius 1 is 0.875 bits per heavy atom. The SMILES string of the molecule is CCN(C1C(C)CC(C)CC1Br)[Si](C)(C)C1C(C)C(C)C(C)C1C. The van der Waals surface area contributed by atoms with Gasteiger partial charge in [0.15, 0.2) is 0 Å². The summed E-state index contributed by atoms with van der Waals surface area (Å²) < 4.78 is 3.02. The second-order valence-corrected chi connectivity index (χ2v) is 15.7. The molecule has 0 aromatic heterocycles. The van der Waals surface area contributed by atoms with E-state index >= 15 is 0 Å². The van der Waals surface area contributed by atoms with Crippen LogP contribution in [-0.4, -0.2) is 30.2 Å². The van der Waals surface area contributed by atoms with Crippen molar-refractivity contribution in [2.45, 2.75) is 90.8 Å². The van der Waals surface area contributed by atoms with Gasteiger partial charge in [0.25, 0.3) is 0 Å². The van der Waals surface area contributed by atoms with Gasteiger partial charge in [-0.3, -0.25) is 0 Å². The fraction of sp³-hybridized carbons (Fsp3) is 1.00. The zero-order valence-electron chi connectivity index (χ0n) is 17.6. The Hall–Kier alpha value is 0.657. The highest BCUT2D eigenvalue weighted by Gasteiger charge is 2.53. The smallest absolute Gasteiger partial charge is 0.126 e. The Kier molecular flexibility index (Phi) is 6.74. The largest absolute Gasteiger partial charge is 0.320 e. The Bertz CT molecular complexity index is 400. The van der Waals surface area contributed by atoms with Crippen LogP contribution in [-0.2, 0) is 0 Å². The van der Waals surface area contributed by atoms with Gasteiger partial charge in [0.2, 0.25) is 0 Å². The molecule has 0 aromatic rings. The first-order valence-corrected chi connectivity index (χ1v) is 14.4. The number of hydrogen-bond acceptors (Lipinski definition) is 1. The van der Waals surface area contributed by atoms with Gasteiger partial charge in [-0.2, -0.15) is 0 Å². The van der Waals surface area contributed by atoms with Gasteiger partial charge in [-0.1, -0.05) is 77.5 Å². The molecule has 2 saturated carbocycles. The summed E-state index contributed by atoms with van der Waals surface area (Å²) >= 11 is 4.11. The van der Waals surface area contributed by atoms with Crippen LogP contribution in [0.25, 0.3) is 0 Å². The monoisotopic (exact) mass is 415 g/mol.